The molecule has 1 aromatic carbocycles. The van der Waals surface area contributed by atoms with Crippen LogP contribution in [-0.2, 0) is 10.2 Å². The number of halogens is 1. The molecule has 1 heterocycles. The van der Waals surface area contributed by atoms with Crippen molar-refractivity contribution in [2.24, 2.45) is 0 Å². The van der Waals surface area contributed by atoms with E-state index in [1.165, 1.54) is 4.31 Å². The number of benzene rings is 1. The molecule has 1 aliphatic heterocycles. The Morgan fingerprint density at radius 1 is 1.38 bits per heavy atom. The van der Waals surface area contributed by atoms with E-state index < -0.39 is 10.2 Å². The number of hydrogen-bond donors (Lipinski definition) is 2. The van der Waals surface area contributed by atoms with Crippen molar-refractivity contribution in [3.8, 4) is 5.75 Å². The van der Waals surface area contributed by atoms with Crippen molar-refractivity contribution in [3.63, 3.8) is 0 Å². The molecule has 2 rings (SSSR count). The number of rotatable bonds is 6. The molecule has 1 saturated heterocycles. The first-order valence-electron chi connectivity index (χ1n) is 6.94. The molecule has 8 heteroatoms. The average molecular weight is 334 g/mol. The van der Waals surface area contributed by atoms with Gasteiger partial charge in [-0.3, -0.25) is 4.72 Å². The van der Waals surface area contributed by atoms with Gasteiger partial charge in [0.1, 0.15) is 5.75 Å². The maximum Gasteiger partial charge on any atom is 0.301 e. The van der Waals surface area contributed by atoms with Crippen LogP contribution in [0.1, 0.15) is 13.3 Å². The van der Waals surface area contributed by atoms with E-state index in [0.29, 0.717) is 49.2 Å². The van der Waals surface area contributed by atoms with E-state index >= 15 is 0 Å². The highest BCUT2D eigenvalue weighted by atomic mass is 35.5. The van der Waals surface area contributed by atoms with Crippen molar-refractivity contribution in [1.29, 1.82) is 0 Å². The number of piperazine rings is 1. The summed E-state index contributed by atoms with van der Waals surface area (Å²) >= 11 is 6.10. The fourth-order valence-electron chi connectivity index (χ4n) is 1.99. The normalized spacial score (nSPS) is 16.7. The standard InChI is InChI=1S/C13H20ClN3O3S/c1-2-9-20-13-4-3-11(10-12(13)14)16-21(18,19)17-7-5-15-6-8-17/h3-4,10,15-16H,2,5-9H2,1H3. The molecule has 0 aliphatic carbocycles. The Labute approximate surface area is 130 Å². The van der Waals surface area contributed by atoms with Gasteiger partial charge >= 0.3 is 10.2 Å². The molecule has 0 amide bonds. The van der Waals surface area contributed by atoms with Crippen LogP contribution in [0.2, 0.25) is 5.02 Å². The summed E-state index contributed by atoms with van der Waals surface area (Å²) in [4.78, 5) is 0. The third-order valence-corrected chi connectivity index (χ3v) is 4.89. The molecule has 0 saturated carbocycles. The Morgan fingerprint density at radius 3 is 2.71 bits per heavy atom. The second kappa shape index (κ2) is 7.31. The molecule has 2 N–H and O–H groups in total. The van der Waals surface area contributed by atoms with Crippen molar-refractivity contribution >= 4 is 27.5 Å². The largest absolute Gasteiger partial charge is 0.492 e. The van der Waals surface area contributed by atoms with Crippen LogP contribution in [0.4, 0.5) is 5.69 Å². The summed E-state index contributed by atoms with van der Waals surface area (Å²) in [7, 11) is -3.54. The summed E-state index contributed by atoms with van der Waals surface area (Å²) < 4.78 is 33.9. The summed E-state index contributed by atoms with van der Waals surface area (Å²) in [6.45, 7) is 4.81. The highest BCUT2D eigenvalue weighted by Crippen LogP contribution is 2.28. The van der Waals surface area contributed by atoms with Gasteiger partial charge in [-0.2, -0.15) is 12.7 Å². The van der Waals surface area contributed by atoms with Crippen molar-refractivity contribution in [3.05, 3.63) is 23.2 Å². The number of hydrogen-bond acceptors (Lipinski definition) is 4. The second-order valence-corrected chi connectivity index (χ2v) is 6.83. The zero-order valence-electron chi connectivity index (χ0n) is 11.9. The monoisotopic (exact) mass is 333 g/mol. The minimum Gasteiger partial charge on any atom is -0.492 e. The van der Waals surface area contributed by atoms with E-state index in [-0.39, 0.29) is 0 Å². The summed E-state index contributed by atoms with van der Waals surface area (Å²) in [5.41, 5.74) is 0.433. The number of nitrogens with one attached hydrogen (secondary N) is 2. The van der Waals surface area contributed by atoms with Crippen LogP contribution >= 0.6 is 11.6 Å². The van der Waals surface area contributed by atoms with Gasteiger partial charge in [0, 0.05) is 26.2 Å². The molecule has 0 radical (unpaired) electrons. The van der Waals surface area contributed by atoms with Gasteiger partial charge in [0.2, 0.25) is 0 Å². The Balaban J connectivity index is 2.06. The third-order valence-electron chi connectivity index (χ3n) is 3.06. The van der Waals surface area contributed by atoms with E-state index in [1.54, 1.807) is 18.2 Å². The second-order valence-electron chi connectivity index (χ2n) is 4.75. The van der Waals surface area contributed by atoms with Gasteiger partial charge in [-0.25, -0.2) is 0 Å². The molecule has 1 fully saturated rings. The van der Waals surface area contributed by atoms with Gasteiger partial charge in [0.15, 0.2) is 0 Å². The molecule has 0 bridgehead atoms. The van der Waals surface area contributed by atoms with Crippen molar-refractivity contribution < 1.29 is 13.2 Å². The molecule has 1 aromatic rings. The third kappa shape index (κ3) is 4.47. The minimum absolute atomic E-state index is 0.393. The van der Waals surface area contributed by atoms with Gasteiger partial charge < -0.3 is 10.1 Å². The average Bonchev–Trinajstić information content (AvgIpc) is 2.47. The van der Waals surface area contributed by atoms with E-state index in [1.807, 2.05) is 6.92 Å². The highest BCUT2D eigenvalue weighted by molar-refractivity contribution is 7.90. The van der Waals surface area contributed by atoms with Gasteiger partial charge in [-0.1, -0.05) is 18.5 Å². The lowest BCUT2D eigenvalue weighted by molar-refractivity contribution is 0.317. The molecule has 1 aliphatic rings. The van der Waals surface area contributed by atoms with Crippen LogP contribution in [0.25, 0.3) is 0 Å². The summed E-state index contributed by atoms with van der Waals surface area (Å²) in [6, 6.07) is 4.89. The first-order chi connectivity index (χ1) is 10.0. The van der Waals surface area contributed by atoms with Crippen LogP contribution in [0.5, 0.6) is 5.75 Å². The van der Waals surface area contributed by atoms with Crippen LogP contribution in [0.3, 0.4) is 0 Å². The Hall–Kier alpha value is -1.02. The first-order valence-corrected chi connectivity index (χ1v) is 8.75. The van der Waals surface area contributed by atoms with Crippen LogP contribution in [0.15, 0.2) is 18.2 Å². The van der Waals surface area contributed by atoms with Gasteiger partial charge in [0.05, 0.1) is 17.3 Å². The molecular weight excluding hydrogens is 314 g/mol. The summed E-state index contributed by atoms with van der Waals surface area (Å²) in [5.74, 6) is 0.559. The zero-order chi connectivity index (χ0) is 15.3. The van der Waals surface area contributed by atoms with Gasteiger partial charge in [-0.15, -0.1) is 0 Å². The minimum atomic E-state index is -3.54. The van der Waals surface area contributed by atoms with Crippen molar-refractivity contribution in [2.75, 3.05) is 37.5 Å². The topological polar surface area (TPSA) is 70.7 Å². The quantitative estimate of drug-likeness (QED) is 0.831. The lowest BCUT2D eigenvalue weighted by atomic mass is 10.3. The van der Waals surface area contributed by atoms with Crippen LogP contribution < -0.4 is 14.8 Å². The Bertz CT molecular complexity index is 574. The summed E-state index contributed by atoms with van der Waals surface area (Å²) in [5, 5.41) is 3.51. The molecule has 21 heavy (non-hydrogen) atoms. The van der Waals surface area contributed by atoms with Gasteiger partial charge in [-0.05, 0) is 24.6 Å². The van der Waals surface area contributed by atoms with Gasteiger partial charge in [0.25, 0.3) is 0 Å². The highest BCUT2D eigenvalue weighted by Gasteiger charge is 2.23. The SMILES string of the molecule is CCCOc1ccc(NS(=O)(=O)N2CCNCC2)cc1Cl. The maximum atomic E-state index is 12.2. The number of nitrogens with zero attached hydrogens (tertiary/aromatic N) is 1. The van der Waals surface area contributed by atoms with Crippen LogP contribution in [-0.4, -0.2) is 45.5 Å². The molecule has 0 atom stereocenters. The van der Waals surface area contributed by atoms with E-state index in [2.05, 4.69) is 10.0 Å². The molecular formula is C13H20ClN3O3S. The van der Waals surface area contributed by atoms with E-state index in [9.17, 15) is 8.42 Å². The predicted octanol–water partition coefficient (Wildman–Crippen LogP) is 1.69. The molecule has 118 valence electrons. The molecule has 0 aromatic heterocycles. The maximum absolute atomic E-state index is 12.2. The number of ether oxygens (including phenoxy) is 1. The number of anilines is 1. The fourth-order valence-corrected chi connectivity index (χ4v) is 3.44. The Morgan fingerprint density at radius 2 is 2.10 bits per heavy atom. The van der Waals surface area contributed by atoms with Crippen molar-refractivity contribution in [1.82, 2.24) is 9.62 Å². The lowest BCUT2D eigenvalue weighted by Crippen LogP contribution is -2.48. The van der Waals surface area contributed by atoms with Crippen molar-refractivity contribution in [2.45, 2.75) is 13.3 Å². The predicted molar refractivity (Wildman–Crippen MR) is 84.2 cm³/mol. The molecule has 0 spiro atoms. The van der Waals surface area contributed by atoms with E-state index in [4.69, 9.17) is 16.3 Å². The Kier molecular flexibility index (Phi) is 5.69. The summed E-state index contributed by atoms with van der Waals surface area (Å²) in [6.07, 6.45) is 0.883. The molecule has 6 nitrogen and oxygen atoms in total. The smallest absolute Gasteiger partial charge is 0.301 e. The lowest BCUT2D eigenvalue weighted by Gasteiger charge is -2.26. The first kappa shape index (κ1) is 16.4. The van der Waals surface area contributed by atoms with E-state index in [0.717, 1.165) is 6.42 Å². The zero-order valence-corrected chi connectivity index (χ0v) is 13.5. The fraction of sp³-hybridized carbons (Fsp3) is 0.538. The van der Waals surface area contributed by atoms with Crippen LogP contribution in [0, 0.1) is 0 Å². The molecule has 0 unspecified atom stereocenters.